The summed E-state index contributed by atoms with van der Waals surface area (Å²) in [6.45, 7) is 0.800. The average molecular weight is 409 g/mol. The summed E-state index contributed by atoms with van der Waals surface area (Å²) in [5.41, 5.74) is 1.000. The quantitative estimate of drug-likeness (QED) is 0.738. The largest absolute Gasteiger partial charge is 0.374 e. The molecule has 17 heavy (non-hydrogen) atoms. The topological polar surface area (TPSA) is 41.1 Å². The van der Waals surface area contributed by atoms with E-state index in [-0.39, 0.29) is 11.9 Å². The van der Waals surface area contributed by atoms with Crippen molar-refractivity contribution in [1.29, 1.82) is 0 Å². The number of hydrogen-bond donors (Lipinski definition) is 2. The third-order valence-electron chi connectivity index (χ3n) is 2.80. The van der Waals surface area contributed by atoms with Crippen molar-refractivity contribution in [3.63, 3.8) is 0 Å². The van der Waals surface area contributed by atoms with Crippen LogP contribution in [0, 0.1) is 3.57 Å². The Hall–Kier alpha value is -0.300. The Labute approximate surface area is 123 Å². The second-order valence-electron chi connectivity index (χ2n) is 4.11. The predicted molar refractivity (Wildman–Crippen MR) is 81.1 cm³/mol. The number of halogens is 2. The summed E-state index contributed by atoms with van der Waals surface area (Å²) in [6.07, 6.45) is 3.06. The van der Waals surface area contributed by atoms with Gasteiger partial charge in [-0.3, -0.25) is 4.79 Å². The molecule has 1 aromatic carbocycles. The third kappa shape index (κ3) is 3.58. The Kier molecular flexibility index (Phi) is 4.67. The van der Waals surface area contributed by atoms with Gasteiger partial charge in [-0.05, 0) is 76.0 Å². The molecule has 0 aromatic heterocycles. The summed E-state index contributed by atoms with van der Waals surface area (Å²) >= 11 is 5.73. The van der Waals surface area contributed by atoms with E-state index in [1.807, 2.05) is 18.2 Å². The maximum Gasteiger partial charge on any atom is 0.242 e. The van der Waals surface area contributed by atoms with Crippen molar-refractivity contribution < 1.29 is 4.79 Å². The Bertz CT molecular complexity index is 425. The molecular weight excluding hydrogens is 395 g/mol. The molecule has 1 aliphatic rings. The maximum absolute atomic E-state index is 11.8. The lowest BCUT2D eigenvalue weighted by Gasteiger charge is -2.16. The molecule has 0 bridgehead atoms. The van der Waals surface area contributed by atoms with Gasteiger partial charge in [-0.25, -0.2) is 0 Å². The average Bonchev–Trinajstić information content (AvgIpc) is 2.50. The Morgan fingerprint density at radius 3 is 3.00 bits per heavy atom. The van der Waals surface area contributed by atoms with E-state index >= 15 is 0 Å². The van der Waals surface area contributed by atoms with Crippen LogP contribution in [0.2, 0.25) is 0 Å². The summed E-state index contributed by atoms with van der Waals surface area (Å²) in [4.78, 5) is 11.8. The highest BCUT2D eigenvalue weighted by molar-refractivity contribution is 14.1. The molecular formula is C12H14BrIN2O. The zero-order valence-electron chi connectivity index (χ0n) is 9.30. The lowest BCUT2D eigenvalue weighted by molar-refractivity contribution is -0.121. The van der Waals surface area contributed by atoms with E-state index in [4.69, 9.17) is 0 Å². The molecule has 1 fully saturated rings. The number of benzene rings is 1. The minimum absolute atomic E-state index is 0.102. The monoisotopic (exact) mass is 408 g/mol. The smallest absolute Gasteiger partial charge is 0.242 e. The number of carbonyl (C=O) groups is 1. The molecule has 1 unspecified atom stereocenters. The molecule has 0 spiro atoms. The van der Waals surface area contributed by atoms with Gasteiger partial charge in [-0.15, -0.1) is 0 Å². The molecule has 0 aliphatic carbocycles. The van der Waals surface area contributed by atoms with E-state index in [2.05, 4.69) is 49.2 Å². The van der Waals surface area contributed by atoms with E-state index in [1.165, 1.54) is 0 Å². The van der Waals surface area contributed by atoms with Gasteiger partial charge in [0.2, 0.25) is 5.91 Å². The Balaban J connectivity index is 2.08. The minimum atomic E-state index is -0.102. The van der Waals surface area contributed by atoms with Gasteiger partial charge in [-0.2, -0.15) is 0 Å². The predicted octanol–water partition coefficient (Wildman–Crippen LogP) is 3.13. The fraction of sp³-hybridized carbons (Fsp3) is 0.417. The summed E-state index contributed by atoms with van der Waals surface area (Å²) in [7, 11) is 0. The molecule has 0 radical (unpaired) electrons. The van der Waals surface area contributed by atoms with Crippen LogP contribution in [0.25, 0.3) is 0 Å². The van der Waals surface area contributed by atoms with Crippen molar-refractivity contribution in [2.24, 2.45) is 0 Å². The van der Waals surface area contributed by atoms with E-state index in [0.29, 0.717) is 0 Å². The maximum atomic E-state index is 11.8. The second kappa shape index (κ2) is 6.04. The summed E-state index contributed by atoms with van der Waals surface area (Å²) < 4.78 is 2.22. The molecule has 1 aromatic rings. The van der Waals surface area contributed by atoms with Gasteiger partial charge in [0.15, 0.2) is 0 Å². The molecule has 2 N–H and O–H groups in total. The first-order valence-electron chi connectivity index (χ1n) is 5.66. The first-order chi connectivity index (χ1) is 8.16. The molecule has 1 saturated heterocycles. The standard InChI is InChI=1S/C12H14BrIN2O/c13-9-5-4-8(7-10(9)14)16-11-3-1-2-6-15-12(11)17/h4-5,7,11,16H,1-3,6H2,(H,15,17). The van der Waals surface area contributed by atoms with E-state index < -0.39 is 0 Å². The summed E-state index contributed by atoms with van der Waals surface area (Å²) in [5.74, 6) is 0.112. The highest BCUT2D eigenvalue weighted by Gasteiger charge is 2.20. The summed E-state index contributed by atoms with van der Waals surface area (Å²) in [6, 6.07) is 5.93. The lowest BCUT2D eigenvalue weighted by Crippen LogP contribution is -2.37. The van der Waals surface area contributed by atoms with E-state index in [0.717, 1.165) is 39.5 Å². The number of anilines is 1. The van der Waals surface area contributed by atoms with Gasteiger partial charge in [0.1, 0.15) is 6.04 Å². The van der Waals surface area contributed by atoms with Crippen LogP contribution in [0.4, 0.5) is 5.69 Å². The van der Waals surface area contributed by atoms with Crippen LogP contribution in [0.1, 0.15) is 19.3 Å². The molecule has 1 aliphatic heterocycles. The number of rotatable bonds is 2. The van der Waals surface area contributed by atoms with Gasteiger partial charge in [0.05, 0.1) is 0 Å². The summed E-state index contributed by atoms with van der Waals surface area (Å²) in [5, 5.41) is 6.23. The first kappa shape index (κ1) is 13.1. The van der Waals surface area contributed by atoms with Crippen LogP contribution in [0.5, 0.6) is 0 Å². The van der Waals surface area contributed by atoms with Crippen molar-refractivity contribution in [1.82, 2.24) is 5.32 Å². The molecule has 0 saturated carbocycles. The Morgan fingerprint density at radius 2 is 2.24 bits per heavy atom. The van der Waals surface area contributed by atoms with E-state index in [9.17, 15) is 4.79 Å². The molecule has 5 heteroatoms. The SMILES string of the molecule is O=C1NCCCCC1Nc1ccc(Br)c(I)c1. The van der Waals surface area contributed by atoms with Crippen LogP contribution in [0.3, 0.4) is 0 Å². The Morgan fingerprint density at radius 1 is 1.41 bits per heavy atom. The molecule has 3 nitrogen and oxygen atoms in total. The molecule has 1 amide bonds. The fourth-order valence-electron chi connectivity index (χ4n) is 1.86. The molecule has 2 rings (SSSR count). The van der Waals surface area contributed by atoms with Gasteiger partial charge >= 0.3 is 0 Å². The van der Waals surface area contributed by atoms with Crippen LogP contribution >= 0.6 is 38.5 Å². The van der Waals surface area contributed by atoms with Crippen molar-refractivity contribution in [2.45, 2.75) is 25.3 Å². The van der Waals surface area contributed by atoms with Gasteiger partial charge in [0, 0.05) is 20.3 Å². The van der Waals surface area contributed by atoms with Crippen LogP contribution in [-0.2, 0) is 4.79 Å². The minimum Gasteiger partial charge on any atom is -0.374 e. The van der Waals surface area contributed by atoms with Crippen LogP contribution in [0.15, 0.2) is 22.7 Å². The van der Waals surface area contributed by atoms with Crippen LogP contribution < -0.4 is 10.6 Å². The number of nitrogens with one attached hydrogen (secondary N) is 2. The van der Waals surface area contributed by atoms with Crippen molar-refractivity contribution in [3.05, 3.63) is 26.2 Å². The first-order valence-corrected chi connectivity index (χ1v) is 7.53. The van der Waals surface area contributed by atoms with E-state index in [1.54, 1.807) is 0 Å². The van der Waals surface area contributed by atoms with Crippen molar-refractivity contribution in [3.8, 4) is 0 Å². The lowest BCUT2D eigenvalue weighted by atomic mass is 10.1. The normalized spacial score (nSPS) is 20.6. The number of hydrogen-bond acceptors (Lipinski definition) is 2. The molecule has 92 valence electrons. The van der Waals surface area contributed by atoms with Gasteiger partial charge in [-0.1, -0.05) is 0 Å². The highest BCUT2D eigenvalue weighted by Crippen LogP contribution is 2.23. The molecule has 1 heterocycles. The van der Waals surface area contributed by atoms with Gasteiger partial charge < -0.3 is 10.6 Å². The zero-order valence-corrected chi connectivity index (χ0v) is 13.0. The number of amides is 1. The highest BCUT2D eigenvalue weighted by atomic mass is 127. The van der Waals surface area contributed by atoms with Crippen molar-refractivity contribution >= 4 is 50.1 Å². The van der Waals surface area contributed by atoms with Crippen LogP contribution in [-0.4, -0.2) is 18.5 Å². The van der Waals surface area contributed by atoms with Gasteiger partial charge in [0.25, 0.3) is 0 Å². The third-order valence-corrected chi connectivity index (χ3v) is 5.12. The second-order valence-corrected chi connectivity index (χ2v) is 6.13. The fourth-order valence-corrected chi connectivity index (χ4v) is 2.63. The molecule has 1 atom stereocenters. The van der Waals surface area contributed by atoms with Crippen molar-refractivity contribution in [2.75, 3.05) is 11.9 Å². The zero-order chi connectivity index (χ0) is 12.3. The number of carbonyl (C=O) groups excluding carboxylic acids is 1.